The topological polar surface area (TPSA) is 66.5 Å². The Kier molecular flexibility index (Phi) is 6.66. The molecular formula is C18H28N2O3S. The van der Waals surface area contributed by atoms with Crippen molar-refractivity contribution in [3.8, 4) is 0 Å². The molecule has 24 heavy (non-hydrogen) atoms. The van der Waals surface area contributed by atoms with Gasteiger partial charge >= 0.3 is 0 Å². The van der Waals surface area contributed by atoms with Crippen LogP contribution < -0.4 is 9.62 Å². The van der Waals surface area contributed by atoms with Crippen LogP contribution in [-0.4, -0.2) is 33.2 Å². The summed E-state index contributed by atoms with van der Waals surface area (Å²) < 4.78 is 25.4. The summed E-state index contributed by atoms with van der Waals surface area (Å²) in [5, 5.41) is 3.07. The molecule has 2 rings (SSSR count). The van der Waals surface area contributed by atoms with E-state index in [9.17, 15) is 13.2 Å². The number of hydrogen-bond acceptors (Lipinski definition) is 3. The van der Waals surface area contributed by atoms with Gasteiger partial charge in [0, 0.05) is 19.0 Å². The second kappa shape index (κ2) is 8.51. The smallest absolute Gasteiger partial charge is 0.232 e. The summed E-state index contributed by atoms with van der Waals surface area (Å²) in [6.45, 7) is 2.12. The van der Waals surface area contributed by atoms with Gasteiger partial charge in [-0.25, -0.2) is 8.42 Å². The highest BCUT2D eigenvalue weighted by molar-refractivity contribution is 7.92. The fourth-order valence-electron chi connectivity index (χ4n) is 3.12. The van der Waals surface area contributed by atoms with E-state index in [1.165, 1.54) is 23.4 Å². The molecule has 0 saturated heterocycles. The monoisotopic (exact) mass is 352 g/mol. The van der Waals surface area contributed by atoms with Crippen LogP contribution >= 0.6 is 0 Å². The Labute approximate surface area is 145 Å². The number of nitrogens with one attached hydrogen (secondary N) is 1. The lowest BCUT2D eigenvalue weighted by molar-refractivity contribution is -0.121. The zero-order valence-corrected chi connectivity index (χ0v) is 15.4. The van der Waals surface area contributed by atoms with E-state index in [0.29, 0.717) is 5.69 Å². The van der Waals surface area contributed by atoms with Crippen molar-refractivity contribution in [2.24, 2.45) is 0 Å². The Morgan fingerprint density at radius 3 is 2.25 bits per heavy atom. The average Bonchev–Trinajstić information content (AvgIpc) is 2.76. The van der Waals surface area contributed by atoms with E-state index in [2.05, 4.69) is 5.32 Å². The van der Waals surface area contributed by atoms with E-state index in [1.54, 1.807) is 12.1 Å². The third-order valence-corrected chi connectivity index (χ3v) is 5.68. The van der Waals surface area contributed by atoms with Gasteiger partial charge in [0.2, 0.25) is 15.9 Å². The lowest BCUT2D eigenvalue weighted by Gasteiger charge is -2.23. The number of carbonyl (C=O) groups excluding carboxylic acids is 1. The maximum absolute atomic E-state index is 12.2. The van der Waals surface area contributed by atoms with Gasteiger partial charge in [-0.3, -0.25) is 9.10 Å². The standard InChI is InChI=1S/C18H28N2O3S/c1-15-9-11-17(12-10-15)20(24(2,22)23)14-13-18(21)19-16-7-5-3-4-6-8-16/h9-12,16H,3-8,13-14H2,1-2H3,(H,19,21). The van der Waals surface area contributed by atoms with E-state index >= 15 is 0 Å². The zero-order chi connectivity index (χ0) is 17.6. The lowest BCUT2D eigenvalue weighted by atomic mass is 10.1. The van der Waals surface area contributed by atoms with Crippen molar-refractivity contribution in [1.29, 1.82) is 0 Å². The summed E-state index contributed by atoms with van der Waals surface area (Å²) in [5.41, 5.74) is 1.67. The second-order valence-electron chi connectivity index (χ2n) is 6.68. The van der Waals surface area contributed by atoms with Crippen molar-refractivity contribution in [1.82, 2.24) is 5.32 Å². The lowest BCUT2D eigenvalue weighted by Crippen LogP contribution is -2.38. The molecule has 134 valence electrons. The van der Waals surface area contributed by atoms with Gasteiger partial charge in [-0.2, -0.15) is 0 Å². The molecule has 0 atom stereocenters. The predicted octanol–water partition coefficient (Wildman–Crippen LogP) is 2.99. The molecule has 1 aromatic rings. The minimum Gasteiger partial charge on any atom is -0.353 e. The van der Waals surface area contributed by atoms with Gasteiger partial charge in [-0.05, 0) is 31.9 Å². The van der Waals surface area contributed by atoms with Crippen LogP contribution in [0.15, 0.2) is 24.3 Å². The molecule has 0 radical (unpaired) electrons. The first kappa shape index (κ1) is 18.8. The summed E-state index contributed by atoms with van der Waals surface area (Å²) in [7, 11) is -3.41. The van der Waals surface area contributed by atoms with Crippen LogP contribution in [-0.2, 0) is 14.8 Å². The van der Waals surface area contributed by atoms with Crippen molar-refractivity contribution in [2.75, 3.05) is 17.1 Å². The quantitative estimate of drug-likeness (QED) is 0.801. The Balaban J connectivity index is 1.95. The van der Waals surface area contributed by atoms with Gasteiger partial charge in [0.15, 0.2) is 0 Å². The second-order valence-corrected chi connectivity index (χ2v) is 8.58. The van der Waals surface area contributed by atoms with Gasteiger partial charge in [-0.1, -0.05) is 43.4 Å². The Morgan fingerprint density at radius 1 is 1.12 bits per heavy atom. The fraction of sp³-hybridized carbons (Fsp3) is 0.611. The third kappa shape index (κ3) is 5.82. The molecule has 1 aliphatic carbocycles. The highest BCUT2D eigenvalue weighted by Crippen LogP contribution is 2.19. The predicted molar refractivity (Wildman–Crippen MR) is 97.6 cm³/mol. The van der Waals surface area contributed by atoms with Gasteiger partial charge in [0.25, 0.3) is 0 Å². The largest absolute Gasteiger partial charge is 0.353 e. The van der Waals surface area contributed by atoms with Crippen LogP contribution in [0.1, 0.15) is 50.5 Å². The molecule has 6 heteroatoms. The van der Waals surface area contributed by atoms with Crippen molar-refractivity contribution >= 4 is 21.6 Å². The minimum atomic E-state index is -3.41. The summed E-state index contributed by atoms with van der Waals surface area (Å²) >= 11 is 0. The molecule has 0 unspecified atom stereocenters. The fourth-order valence-corrected chi connectivity index (χ4v) is 4.05. The van der Waals surface area contributed by atoms with Crippen molar-refractivity contribution in [3.05, 3.63) is 29.8 Å². The molecule has 1 aliphatic rings. The number of rotatable bonds is 6. The number of aryl methyl sites for hydroxylation is 1. The van der Waals surface area contributed by atoms with E-state index in [0.717, 1.165) is 31.2 Å². The molecule has 0 heterocycles. The number of nitrogens with zero attached hydrogens (tertiary/aromatic N) is 1. The number of anilines is 1. The first-order valence-corrected chi connectivity index (χ1v) is 10.5. The number of hydrogen-bond donors (Lipinski definition) is 1. The van der Waals surface area contributed by atoms with Gasteiger partial charge in [0.1, 0.15) is 0 Å². The number of benzene rings is 1. The average molecular weight is 353 g/mol. The summed E-state index contributed by atoms with van der Waals surface area (Å²) in [6, 6.07) is 7.54. The molecule has 5 nitrogen and oxygen atoms in total. The van der Waals surface area contributed by atoms with Gasteiger partial charge in [0.05, 0.1) is 11.9 Å². The van der Waals surface area contributed by atoms with Crippen LogP contribution in [0.3, 0.4) is 0 Å². The first-order valence-electron chi connectivity index (χ1n) is 8.70. The molecule has 0 spiro atoms. The molecule has 1 fully saturated rings. The molecule has 1 N–H and O–H groups in total. The highest BCUT2D eigenvalue weighted by atomic mass is 32.2. The van der Waals surface area contributed by atoms with Crippen LogP contribution in [0.25, 0.3) is 0 Å². The molecule has 0 aliphatic heterocycles. The first-order chi connectivity index (χ1) is 11.4. The normalized spacial score (nSPS) is 16.4. The van der Waals surface area contributed by atoms with Crippen molar-refractivity contribution < 1.29 is 13.2 Å². The minimum absolute atomic E-state index is 0.0670. The van der Waals surface area contributed by atoms with E-state index < -0.39 is 10.0 Å². The number of amides is 1. The Morgan fingerprint density at radius 2 is 1.71 bits per heavy atom. The Hall–Kier alpha value is -1.56. The van der Waals surface area contributed by atoms with E-state index in [4.69, 9.17) is 0 Å². The molecule has 1 saturated carbocycles. The molecule has 1 amide bonds. The van der Waals surface area contributed by atoms with Crippen LogP contribution in [0, 0.1) is 6.92 Å². The number of sulfonamides is 1. The van der Waals surface area contributed by atoms with Gasteiger partial charge in [-0.15, -0.1) is 0 Å². The number of carbonyl (C=O) groups is 1. The van der Waals surface area contributed by atoms with Crippen molar-refractivity contribution in [2.45, 2.75) is 57.9 Å². The van der Waals surface area contributed by atoms with E-state index in [-0.39, 0.29) is 24.9 Å². The molecule has 0 bridgehead atoms. The molecule has 1 aromatic carbocycles. The van der Waals surface area contributed by atoms with Crippen molar-refractivity contribution in [3.63, 3.8) is 0 Å². The highest BCUT2D eigenvalue weighted by Gasteiger charge is 2.20. The maximum atomic E-state index is 12.2. The maximum Gasteiger partial charge on any atom is 0.232 e. The molecular weight excluding hydrogens is 324 g/mol. The summed E-state index contributed by atoms with van der Waals surface area (Å²) in [4.78, 5) is 12.2. The summed E-state index contributed by atoms with van der Waals surface area (Å²) in [5.74, 6) is -0.0670. The third-order valence-electron chi connectivity index (χ3n) is 4.48. The Bertz CT molecular complexity index is 633. The van der Waals surface area contributed by atoms with Crippen LogP contribution in [0.2, 0.25) is 0 Å². The van der Waals surface area contributed by atoms with E-state index in [1.807, 2.05) is 19.1 Å². The zero-order valence-electron chi connectivity index (χ0n) is 14.6. The van der Waals surface area contributed by atoms with Crippen LogP contribution in [0.4, 0.5) is 5.69 Å². The summed E-state index contributed by atoms with van der Waals surface area (Å²) in [6.07, 6.45) is 8.20. The molecule has 0 aromatic heterocycles. The van der Waals surface area contributed by atoms with Crippen LogP contribution in [0.5, 0.6) is 0 Å². The van der Waals surface area contributed by atoms with Gasteiger partial charge < -0.3 is 5.32 Å². The SMILES string of the molecule is Cc1ccc(N(CCC(=O)NC2CCCCCC2)S(C)(=O)=O)cc1.